The quantitative estimate of drug-likeness (QED) is 0.345. The third-order valence-corrected chi connectivity index (χ3v) is 6.64. The minimum Gasteiger partial charge on any atom is -0.198 e. The van der Waals surface area contributed by atoms with Crippen LogP contribution in [0.3, 0.4) is 0 Å². The second-order valence-electron chi connectivity index (χ2n) is 8.84. The first-order valence-electron chi connectivity index (χ1n) is 11.7. The Morgan fingerprint density at radius 1 is 0.852 bits per heavy atom. The molecule has 1 saturated carbocycles. The van der Waals surface area contributed by atoms with E-state index in [-0.39, 0.29) is 5.92 Å². The molecule has 1 unspecified atom stereocenters. The lowest BCUT2D eigenvalue weighted by Crippen LogP contribution is -2.22. The van der Waals surface area contributed by atoms with Gasteiger partial charge in [0, 0.05) is 0 Å². The van der Waals surface area contributed by atoms with Crippen LogP contribution in [0.15, 0.2) is 24.3 Å². The van der Waals surface area contributed by atoms with Crippen LogP contribution in [0.1, 0.15) is 102 Å². The minimum atomic E-state index is 0.206. The summed E-state index contributed by atoms with van der Waals surface area (Å²) in [5.41, 5.74) is 2.79. The number of nitrogens with zero attached hydrogens (tertiary/aromatic N) is 1. The summed E-state index contributed by atoms with van der Waals surface area (Å²) in [6.45, 7) is 4.53. The lowest BCUT2D eigenvalue weighted by Gasteiger charge is -2.31. The molecular formula is C26H41N. The third-order valence-electron chi connectivity index (χ3n) is 6.64. The molecule has 1 aliphatic carbocycles. The van der Waals surface area contributed by atoms with E-state index >= 15 is 0 Å². The Hall–Kier alpha value is -1.29. The Kier molecular flexibility index (Phi) is 10.6. The van der Waals surface area contributed by atoms with E-state index in [0.717, 1.165) is 12.3 Å². The van der Waals surface area contributed by atoms with Crippen LogP contribution in [0, 0.1) is 29.1 Å². The van der Waals surface area contributed by atoms with Crippen LogP contribution in [0.5, 0.6) is 0 Å². The van der Waals surface area contributed by atoms with Gasteiger partial charge in [-0.25, -0.2) is 0 Å². The Bertz CT molecular complexity index is 530. The van der Waals surface area contributed by atoms with Gasteiger partial charge in [0.25, 0.3) is 0 Å². The summed E-state index contributed by atoms with van der Waals surface area (Å²) in [7, 11) is 0. The van der Waals surface area contributed by atoms with Crippen molar-refractivity contribution in [3.05, 3.63) is 35.4 Å². The van der Waals surface area contributed by atoms with Crippen LogP contribution in [0.4, 0.5) is 0 Å². The molecule has 0 aliphatic heterocycles. The van der Waals surface area contributed by atoms with E-state index in [2.05, 4.69) is 44.2 Å². The van der Waals surface area contributed by atoms with Crippen molar-refractivity contribution in [1.29, 1.82) is 5.26 Å². The molecule has 0 N–H and O–H groups in total. The van der Waals surface area contributed by atoms with Gasteiger partial charge in [0.15, 0.2) is 0 Å². The molecule has 27 heavy (non-hydrogen) atoms. The lowest BCUT2D eigenvalue weighted by molar-refractivity contribution is 0.220. The normalized spacial score (nSPS) is 20.9. The van der Waals surface area contributed by atoms with Crippen LogP contribution in [0.2, 0.25) is 0 Å². The number of benzene rings is 1. The van der Waals surface area contributed by atoms with Crippen molar-refractivity contribution >= 4 is 0 Å². The van der Waals surface area contributed by atoms with Crippen molar-refractivity contribution in [3.8, 4) is 6.07 Å². The van der Waals surface area contributed by atoms with E-state index in [1.165, 1.54) is 94.6 Å². The van der Waals surface area contributed by atoms with Gasteiger partial charge in [0.2, 0.25) is 0 Å². The average Bonchev–Trinajstić information content (AvgIpc) is 2.72. The predicted molar refractivity (Wildman–Crippen MR) is 117 cm³/mol. The summed E-state index contributed by atoms with van der Waals surface area (Å²) < 4.78 is 0. The minimum absolute atomic E-state index is 0.206. The third kappa shape index (κ3) is 8.08. The molecule has 2 rings (SSSR count). The van der Waals surface area contributed by atoms with E-state index in [9.17, 15) is 5.26 Å². The summed E-state index contributed by atoms with van der Waals surface area (Å²) in [6, 6.07) is 11.7. The van der Waals surface area contributed by atoms with E-state index in [4.69, 9.17) is 0 Å². The molecule has 0 aromatic heterocycles. The monoisotopic (exact) mass is 367 g/mol. The number of nitriles is 1. The second-order valence-corrected chi connectivity index (χ2v) is 8.84. The molecule has 0 radical (unpaired) electrons. The number of rotatable bonds is 12. The first-order valence-corrected chi connectivity index (χ1v) is 11.7. The zero-order chi connectivity index (χ0) is 19.3. The fourth-order valence-corrected chi connectivity index (χ4v) is 4.71. The number of hydrogen-bond acceptors (Lipinski definition) is 1. The Morgan fingerprint density at radius 3 is 2.11 bits per heavy atom. The average molecular weight is 368 g/mol. The molecular weight excluding hydrogens is 326 g/mol. The molecule has 1 nitrogen and oxygen atoms in total. The number of hydrogen-bond donors (Lipinski definition) is 0. The summed E-state index contributed by atoms with van der Waals surface area (Å²) in [6.07, 6.45) is 18.3. The SMILES string of the molecule is CCCCCCC[C@H]1CC[C@H](C(C#N)Cc2ccc(CCCC)cc2)CC1. The first-order chi connectivity index (χ1) is 13.3. The van der Waals surface area contributed by atoms with E-state index in [0.29, 0.717) is 5.92 Å². The van der Waals surface area contributed by atoms with Crippen molar-refractivity contribution in [2.75, 3.05) is 0 Å². The molecule has 1 aromatic carbocycles. The lowest BCUT2D eigenvalue weighted by atomic mass is 9.73. The van der Waals surface area contributed by atoms with Gasteiger partial charge in [-0.15, -0.1) is 0 Å². The van der Waals surface area contributed by atoms with Gasteiger partial charge in [-0.05, 0) is 55.1 Å². The number of aryl methyl sites for hydroxylation is 1. The molecule has 0 saturated heterocycles. The van der Waals surface area contributed by atoms with E-state index in [1.54, 1.807) is 0 Å². The van der Waals surface area contributed by atoms with Gasteiger partial charge in [-0.1, -0.05) is 95.9 Å². The number of unbranched alkanes of at least 4 members (excludes halogenated alkanes) is 5. The van der Waals surface area contributed by atoms with Crippen LogP contribution in [-0.2, 0) is 12.8 Å². The van der Waals surface area contributed by atoms with Crippen LogP contribution in [-0.4, -0.2) is 0 Å². The zero-order valence-electron chi connectivity index (χ0n) is 17.9. The molecule has 0 heterocycles. The Balaban J connectivity index is 1.72. The summed E-state index contributed by atoms with van der Waals surface area (Å²) >= 11 is 0. The molecule has 1 aliphatic rings. The smallest absolute Gasteiger partial charge is 0.0662 e. The molecule has 1 heteroatoms. The predicted octanol–water partition coefficient (Wildman–Crippen LogP) is 7.88. The van der Waals surface area contributed by atoms with Crippen molar-refractivity contribution in [3.63, 3.8) is 0 Å². The summed E-state index contributed by atoms with van der Waals surface area (Å²) in [4.78, 5) is 0. The van der Waals surface area contributed by atoms with Gasteiger partial charge < -0.3 is 0 Å². The highest BCUT2D eigenvalue weighted by Gasteiger charge is 2.27. The maximum Gasteiger partial charge on any atom is 0.0662 e. The van der Waals surface area contributed by atoms with Gasteiger partial charge in [0.1, 0.15) is 0 Å². The molecule has 1 fully saturated rings. The van der Waals surface area contributed by atoms with Crippen LogP contribution >= 0.6 is 0 Å². The Labute approximate surface area is 168 Å². The largest absolute Gasteiger partial charge is 0.198 e. The van der Waals surface area contributed by atoms with Crippen molar-refractivity contribution in [1.82, 2.24) is 0 Å². The van der Waals surface area contributed by atoms with Gasteiger partial charge in [-0.3, -0.25) is 0 Å². The highest BCUT2D eigenvalue weighted by atomic mass is 14.4. The maximum atomic E-state index is 9.75. The van der Waals surface area contributed by atoms with E-state index in [1.807, 2.05) is 0 Å². The van der Waals surface area contributed by atoms with Gasteiger partial charge in [-0.2, -0.15) is 5.26 Å². The van der Waals surface area contributed by atoms with Gasteiger partial charge >= 0.3 is 0 Å². The molecule has 0 bridgehead atoms. The Morgan fingerprint density at radius 2 is 1.48 bits per heavy atom. The molecule has 0 spiro atoms. The summed E-state index contributed by atoms with van der Waals surface area (Å²) in [5.74, 6) is 1.75. The highest BCUT2D eigenvalue weighted by Crippen LogP contribution is 2.37. The fourth-order valence-electron chi connectivity index (χ4n) is 4.71. The van der Waals surface area contributed by atoms with Gasteiger partial charge in [0.05, 0.1) is 12.0 Å². The zero-order valence-corrected chi connectivity index (χ0v) is 17.9. The topological polar surface area (TPSA) is 23.8 Å². The van der Waals surface area contributed by atoms with Crippen molar-refractivity contribution in [2.24, 2.45) is 17.8 Å². The molecule has 1 atom stereocenters. The maximum absolute atomic E-state index is 9.75. The standard InChI is InChI=1S/C26H41N/c1-3-5-7-8-9-11-23-16-18-25(19-17-23)26(21-27)20-24-14-12-22(13-15-24)10-6-4-2/h12-15,23,25-26H,3-11,16-20H2,1-2H3/t23-,25-,26?. The van der Waals surface area contributed by atoms with Crippen molar-refractivity contribution in [2.45, 2.75) is 104 Å². The molecule has 1 aromatic rings. The van der Waals surface area contributed by atoms with Crippen molar-refractivity contribution < 1.29 is 0 Å². The first kappa shape index (κ1) is 22.0. The molecule has 150 valence electrons. The summed E-state index contributed by atoms with van der Waals surface area (Å²) in [5, 5.41) is 9.75. The van der Waals surface area contributed by atoms with Crippen LogP contribution < -0.4 is 0 Å². The highest BCUT2D eigenvalue weighted by molar-refractivity contribution is 5.24. The van der Waals surface area contributed by atoms with Crippen LogP contribution in [0.25, 0.3) is 0 Å². The van der Waals surface area contributed by atoms with E-state index < -0.39 is 0 Å². The molecule has 0 amide bonds. The second kappa shape index (κ2) is 13.0. The fraction of sp³-hybridized carbons (Fsp3) is 0.731.